The monoisotopic (exact) mass is 376 g/mol. The van der Waals surface area contributed by atoms with Crippen LogP contribution in [0.3, 0.4) is 0 Å². The lowest BCUT2D eigenvalue weighted by atomic mass is 9.95. The Morgan fingerprint density at radius 2 is 1.82 bits per heavy atom. The number of halogens is 1. The Morgan fingerprint density at radius 1 is 1.11 bits per heavy atom. The Balaban J connectivity index is 1.53. The van der Waals surface area contributed by atoms with Crippen LogP contribution in [-0.2, 0) is 18.7 Å². The third-order valence-corrected chi connectivity index (χ3v) is 5.08. The molecule has 0 aliphatic carbocycles. The number of aromatic nitrogens is 1. The molecule has 2 aromatic carbocycles. The molecule has 1 aliphatic heterocycles. The van der Waals surface area contributed by atoms with Crippen LogP contribution >= 0.6 is 0 Å². The van der Waals surface area contributed by atoms with Crippen LogP contribution in [0.1, 0.15) is 41.0 Å². The third kappa shape index (κ3) is 3.41. The van der Waals surface area contributed by atoms with E-state index in [-0.39, 0.29) is 18.3 Å². The number of aliphatic hydroxyl groups is 1. The zero-order valence-electron chi connectivity index (χ0n) is 15.8. The Bertz CT molecular complexity index is 1040. The maximum absolute atomic E-state index is 14.7. The van der Waals surface area contributed by atoms with Gasteiger partial charge in [0, 0.05) is 30.4 Å². The van der Waals surface area contributed by atoms with Crippen LogP contribution in [0, 0.1) is 5.82 Å². The van der Waals surface area contributed by atoms with Gasteiger partial charge < -0.3 is 10.0 Å². The molecule has 1 aliphatic rings. The van der Waals surface area contributed by atoms with E-state index in [0.717, 1.165) is 22.3 Å². The molecule has 0 saturated carbocycles. The summed E-state index contributed by atoms with van der Waals surface area (Å²) in [5.74, 6) is -0.512. The number of hydrogen-bond acceptors (Lipinski definition) is 3. The van der Waals surface area contributed by atoms with Crippen LogP contribution in [0.2, 0.25) is 0 Å². The molecule has 4 rings (SSSR count). The van der Waals surface area contributed by atoms with Crippen molar-refractivity contribution in [3.63, 3.8) is 0 Å². The van der Waals surface area contributed by atoms with Crippen LogP contribution in [0.25, 0.3) is 11.1 Å². The van der Waals surface area contributed by atoms with E-state index in [1.807, 2.05) is 36.4 Å². The number of fused-ring (bicyclic) bond motifs is 1. The van der Waals surface area contributed by atoms with Gasteiger partial charge in [0.25, 0.3) is 5.91 Å². The van der Waals surface area contributed by atoms with Gasteiger partial charge in [-0.2, -0.15) is 0 Å². The minimum absolute atomic E-state index is 0.165. The second-order valence-electron chi connectivity index (χ2n) is 7.61. The van der Waals surface area contributed by atoms with E-state index in [1.54, 1.807) is 37.1 Å². The van der Waals surface area contributed by atoms with Gasteiger partial charge in [0.2, 0.25) is 0 Å². The first-order valence-corrected chi connectivity index (χ1v) is 9.18. The van der Waals surface area contributed by atoms with E-state index in [9.17, 15) is 14.3 Å². The maximum atomic E-state index is 14.7. The van der Waals surface area contributed by atoms with Crippen molar-refractivity contribution in [2.24, 2.45) is 0 Å². The largest absolute Gasteiger partial charge is 0.386 e. The highest BCUT2D eigenvalue weighted by atomic mass is 19.1. The first-order chi connectivity index (χ1) is 13.3. The lowest BCUT2D eigenvalue weighted by molar-refractivity contribution is 0.0759. The summed E-state index contributed by atoms with van der Waals surface area (Å²) < 4.78 is 14.7. The number of hydrogen-bond donors (Lipinski definition) is 1. The van der Waals surface area contributed by atoms with Gasteiger partial charge in [0.1, 0.15) is 11.5 Å². The molecular weight excluding hydrogens is 355 g/mol. The molecule has 1 amide bonds. The Kier molecular flexibility index (Phi) is 4.47. The van der Waals surface area contributed by atoms with Crippen molar-refractivity contribution >= 4 is 5.91 Å². The summed E-state index contributed by atoms with van der Waals surface area (Å²) in [7, 11) is 0. The van der Waals surface area contributed by atoms with Crippen molar-refractivity contribution in [1.82, 2.24) is 9.88 Å². The normalized spacial score (nSPS) is 13.7. The van der Waals surface area contributed by atoms with Crippen LogP contribution in [0.4, 0.5) is 4.39 Å². The van der Waals surface area contributed by atoms with Gasteiger partial charge in [-0.05, 0) is 42.7 Å². The molecule has 5 heteroatoms. The number of pyridine rings is 1. The third-order valence-electron chi connectivity index (χ3n) is 5.08. The summed E-state index contributed by atoms with van der Waals surface area (Å²) in [6.07, 6.45) is 1.60. The van der Waals surface area contributed by atoms with Crippen LogP contribution in [-0.4, -0.2) is 20.9 Å². The number of benzene rings is 2. The molecule has 0 atom stereocenters. The fourth-order valence-corrected chi connectivity index (χ4v) is 3.44. The molecule has 2 heterocycles. The van der Waals surface area contributed by atoms with Crippen molar-refractivity contribution < 1.29 is 14.3 Å². The fraction of sp³-hybridized carbons (Fsp3) is 0.217. The lowest BCUT2D eigenvalue weighted by Crippen LogP contribution is -2.24. The number of carbonyl (C=O) groups is 1. The van der Waals surface area contributed by atoms with E-state index in [1.165, 1.54) is 6.07 Å². The van der Waals surface area contributed by atoms with Crippen molar-refractivity contribution in [1.29, 1.82) is 0 Å². The van der Waals surface area contributed by atoms with E-state index in [0.29, 0.717) is 17.8 Å². The Hall–Kier alpha value is -3.05. The fourth-order valence-electron chi connectivity index (χ4n) is 3.44. The Morgan fingerprint density at radius 3 is 2.46 bits per heavy atom. The lowest BCUT2D eigenvalue weighted by Gasteiger charge is -2.18. The van der Waals surface area contributed by atoms with E-state index in [4.69, 9.17) is 0 Å². The molecule has 0 saturated heterocycles. The molecule has 4 nitrogen and oxygen atoms in total. The van der Waals surface area contributed by atoms with Gasteiger partial charge in [0.05, 0.1) is 5.60 Å². The van der Waals surface area contributed by atoms with Crippen LogP contribution < -0.4 is 0 Å². The van der Waals surface area contributed by atoms with Gasteiger partial charge >= 0.3 is 0 Å². The molecule has 142 valence electrons. The summed E-state index contributed by atoms with van der Waals surface area (Å²) in [6.45, 7) is 4.11. The van der Waals surface area contributed by atoms with Crippen molar-refractivity contribution in [2.75, 3.05) is 0 Å². The second kappa shape index (κ2) is 6.84. The highest BCUT2D eigenvalue weighted by Crippen LogP contribution is 2.28. The van der Waals surface area contributed by atoms with Crippen molar-refractivity contribution in [3.05, 3.63) is 89.0 Å². The SMILES string of the molecule is CC(C)(O)c1ccc(-c2ccc(CN3Cc4cccnc4C3=O)c(F)c2)cc1. The maximum Gasteiger partial charge on any atom is 0.273 e. The predicted octanol–water partition coefficient (Wildman–Crippen LogP) is 4.27. The zero-order valence-corrected chi connectivity index (χ0v) is 15.8. The van der Waals surface area contributed by atoms with Crippen molar-refractivity contribution in [2.45, 2.75) is 32.5 Å². The predicted molar refractivity (Wildman–Crippen MR) is 105 cm³/mol. The molecule has 0 fully saturated rings. The van der Waals surface area contributed by atoms with Crippen LogP contribution in [0.5, 0.6) is 0 Å². The van der Waals surface area contributed by atoms with E-state index in [2.05, 4.69) is 4.98 Å². The highest BCUT2D eigenvalue weighted by molar-refractivity contribution is 5.96. The summed E-state index contributed by atoms with van der Waals surface area (Å²) in [4.78, 5) is 18.2. The molecule has 0 radical (unpaired) electrons. The number of carbonyl (C=O) groups excluding carboxylic acids is 1. The first-order valence-electron chi connectivity index (χ1n) is 9.18. The number of rotatable bonds is 4. The molecule has 28 heavy (non-hydrogen) atoms. The molecule has 3 aromatic rings. The first kappa shape index (κ1) is 18.3. The van der Waals surface area contributed by atoms with Crippen molar-refractivity contribution in [3.8, 4) is 11.1 Å². The number of amides is 1. The minimum Gasteiger partial charge on any atom is -0.386 e. The standard InChI is InChI=1S/C23H21FN2O2/c1-23(2,28)19-9-7-15(8-10-19)16-5-6-17(20(24)12-16)13-26-14-18-4-3-11-25-21(18)22(26)27/h3-12,28H,13-14H2,1-2H3. The zero-order chi connectivity index (χ0) is 19.9. The topological polar surface area (TPSA) is 53.4 Å². The summed E-state index contributed by atoms with van der Waals surface area (Å²) in [5, 5.41) is 10.1. The highest BCUT2D eigenvalue weighted by Gasteiger charge is 2.28. The van der Waals surface area contributed by atoms with Gasteiger partial charge in [-0.1, -0.05) is 42.5 Å². The average molecular weight is 376 g/mol. The summed E-state index contributed by atoms with van der Waals surface area (Å²) in [6, 6.07) is 16.2. The van der Waals surface area contributed by atoms with Gasteiger partial charge in [-0.15, -0.1) is 0 Å². The quantitative estimate of drug-likeness (QED) is 0.740. The molecule has 1 N–H and O–H groups in total. The van der Waals surface area contributed by atoms with E-state index >= 15 is 0 Å². The van der Waals surface area contributed by atoms with Gasteiger partial charge in [0.15, 0.2) is 0 Å². The van der Waals surface area contributed by atoms with Gasteiger partial charge in [-0.25, -0.2) is 4.39 Å². The van der Waals surface area contributed by atoms with E-state index < -0.39 is 5.60 Å². The minimum atomic E-state index is -0.914. The summed E-state index contributed by atoms with van der Waals surface area (Å²) in [5.41, 5.74) is 3.30. The molecular formula is C23H21FN2O2. The number of nitrogens with zero attached hydrogens (tertiary/aromatic N) is 2. The Labute approximate surface area is 163 Å². The molecule has 1 aromatic heterocycles. The molecule has 0 unspecified atom stereocenters. The van der Waals surface area contributed by atoms with Crippen LogP contribution in [0.15, 0.2) is 60.8 Å². The van der Waals surface area contributed by atoms with Gasteiger partial charge in [-0.3, -0.25) is 9.78 Å². The molecule has 0 bridgehead atoms. The molecule has 0 spiro atoms. The smallest absolute Gasteiger partial charge is 0.273 e. The average Bonchev–Trinajstić information content (AvgIpc) is 2.99. The summed E-state index contributed by atoms with van der Waals surface area (Å²) >= 11 is 0. The second-order valence-corrected chi connectivity index (χ2v) is 7.61.